The maximum absolute atomic E-state index is 12.2. The minimum atomic E-state index is -0.796. The highest BCUT2D eigenvalue weighted by atomic mass is 16.3. The van der Waals surface area contributed by atoms with Crippen molar-refractivity contribution in [3.05, 3.63) is 83.9 Å². The number of rotatable bonds is 6. The second-order valence-electron chi connectivity index (χ2n) is 6.36. The van der Waals surface area contributed by atoms with Gasteiger partial charge in [-0.1, -0.05) is 42.5 Å². The second-order valence-corrected chi connectivity index (χ2v) is 6.36. The minimum absolute atomic E-state index is 0.0423. The lowest BCUT2D eigenvalue weighted by molar-refractivity contribution is -0.123. The molecule has 5 nitrogen and oxygen atoms in total. The number of nitrogens with zero attached hydrogens (tertiary/aromatic N) is 2. The summed E-state index contributed by atoms with van der Waals surface area (Å²) in [6.45, 7) is 3.89. The Bertz CT molecular complexity index is 856. The number of benzene rings is 2. The standard InChI is InChI=1S/C21H23N3O2/c1-15(23-21(26)14-20(25)18-6-4-3-5-7-18)17-8-10-19(11-9-17)24-13-12-22-16(24)2/h3-13,15,20,25H,14H2,1-2H3,(H,23,26). The molecule has 3 aromatic rings. The third-order valence-corrected chi connectivity index (χ3v) is 4.44. The zero-order valence-corrected chi connectivity index (χ0v) is 15.0. The summed E-state index contributed by atoms with van der Waals surface area (Å²) < 4.78 is 2.00. The molecule has 2 aromatic carbocycles. The molecule has 0 saturated carbocycles. The highest BCUT2D eigenvalue weighted by molar-refractivity contribution is 5.77. The molecule has 134 valence electrons. The van der Waals surface area contributed by atoms with Gasteiger partial charge >= 0.3 is 0 Å². The molecule has 0 saturated heterocycles. The third-order valence-electron chi connectivity index (χ3n) is 4.44. The number of imidazole rings is 1. The van der Waals surface area contributed by atoms with Crippen molar-refractivity contribution < 1.29 is 9.90 Å². The maximum atomic E-state index is 12.2. The highest BCUT2D eigenvalue weighted by Crippen LogP contribution is 2.19. The Kier molecular flexibility index (Phi) is 5.49. The van der Waals surface area contributed by atoms with Crippen LogP contribution in [0.5, 0.6) is 0 Å². The van der Waals surface area contributed by atoms with Crippen LogP contribution in [0, 0.1) is 6.92 Å². The van der Waals surface area contributed by atoms with E-state index in [0.717, 1.165) is 22.6 Å². The van der Waals surface area contributed by atoms with Gasteiger partial charge in [0.2, 0.25) is 5.91 Å². The molecule has 0 aliphatic rings. The van der Waals surface area contributed by atoms with Gasteiger partial charge in [-0.3, -0.25) is 4.79 Å². The molecular formula is C21H23N3O2. The molecule has 0 radical (unpaired) electrons. The Balaban J connectivity index is 1.60. The van der Waals surface area contributed by atoms with E-state index in [1.54, 1.807) is 6.20 Å². The van der Waals surface area contributed by atoms with Crippen molar-refractivity contribution in [1.29, 1.82) is 0 Å². The Labute approximate surface area is 153 Å². The summed E-state index contributed by atoms with van der Waals surface area (Å²) in [6.07, 6.45) is 2.93. The van der Waals surface area contributed by atoms with Crippen LogP contribution < -0.4 is 5.32 Å². The van der Waals surface area contributed by atoms with Crippen LogP contribution in [0.1, 0.15) is 42.4 Å². The number of aromatic nitrogens is 2. The predicted molar refractivity (Wildman–Crippen MR) is 101 cm³/mol. The number of hydrogen-bond acceptors (Lipinski definition) is 3. The van der Waals surface area contributed by atoms with Gasteiger partial charge in [0.05, 0.1) is 18.6 Å². The number of nitrogens with one attached hydrogen (secondary N) is 1. The van der Waals surface area contributed by atoms with E-state index in [-0.39, 0.29) is 18.4 Å². The number of aliphatic hydroxyl groups excluding tert-OH is 1. The summed E-state index contributed by atoms with van der Waals surface area (Å²) >= 11 is 0. The van der Waals surface area contributed by atoms with Crippen molar-refractivity contribution in [2.45, 2.75) is 32.4 Å². The number of amides is 1. The lowest BCUT2D eigenvalue weighted by Crippen LogP contribution is -2.28. The average molecular weight is 349 g/mol. The molecule has 5 heteroatoms. The van der Waals surface area contributed by atoms with Gasteiger partial charge < -0.3 is 15.0 Å². The first-order valence-corrected chi connectivity index (χ1v) is 8.67. The Morgan fingerprint density at radius 1 is 1.12 bits per heavy atom. The second kappa shape index (κ2) is 7.97. The summed E-state index contributed by atoms with van der Waals surface area (Å²) in [5.74, 6) is 0.748. The van der Waals surface area contributed by atoms with Gasteiger partial charge in [0.1, 0.15) is 5.82 Å². The molecule has 0 fully saturated rings. The SMILES string of the molecule is Cc1nccn1-c1ccc(C(C)NC(=O)CC(O)c2ccccc2)cc1. The largest absolute Gasteiger partial charge is 0.388 e. The summed E-state index contributed by atoms with van der Waals surface area (Å²) in [5.41, 5.74) is 2.78. The number of carbonyl (C=O) groups excluding carboxylic acids is 1. The van der Waals surface area contributed by atoms with Gasteiger partial charge in [-0.25, -0.2) is 4.98 Å². The number of aliphatic hydroxyl groups is 1. The van der Waals surface area contributed by atoms with E-state index in [9.17, 15) is 9.90 Å². The fourth-order valence-electron chi connectivity index (χ4n) is 2.93. The summed E-state index contributed by atoms with van der Waals surface area (Å²) in [6, 6.07) is 17.1. The molecule has 0 bridgehead atoms. The van der Waals surface area contributed by atoms with Crippen LogP contribution in [0.4, 0.5) is 0 Å². The predicted octanol–water partition coefficient (Wildman–Crippen LogP) is 3.48. The third kappa shape index (κ3) is 4.18. The zero-order valence-electron chi connectivity index (χ0n) is 15.0. The Morgan fingerprint density at radius 2 is 1.81 bits per heavy atom. The van der Waals surface area contributed by atoms with Crippen molar-refractivity contribution in [1.82, 2.24) is 14.9 Å². The molecule has 2 N–H and O–H groups in total. The average Bonchev–Trinajstić information content (AvgIpc) is 3.08. The first-order valence-electron chi connectivity index (χ1n) is 8.67. The van der Waals surface area contributed by atoms with Gasteiger partial charge in [-0.2, -0.15) is 0 Å². The number of aryl methyl sites for hydroxylation is 1. The van der Waals surface area contributed by atoms with E-state index in [1.165, 1.54) is 0 Å². The molecule has 0 aliphatic heterocycles. The van der Waals surface area contributed by atoms with Crippen LogP contribution in [0.25, 0.3) is 5.69 Å². The topological polar surface area (TPSA) is 67.2 Å². The van der Waals surface area contributed by atoms with Crippen LogP contribution >= 0.6 is 0 Å². The first-order chi connectivity index (χ1) is 12.5. The molecule has 3 rings (SSSR count). The lowest BCUT2D eigenvalue weighted by atomic mass is 10.0. The van der Waals surface area contributed by atoms with E-state index in [1.807, 2.05) is 79.2 Å². The zero-order chi connectivity index (χ0) is 18.5. The molecule has 1 amide bonds. The summed E-state index contributed by atoms with van der Waals surface area (Å²) in [4.78, 5) is 16.5. The molecule has 2 unspecified atom stereocenters. The van der Waals surface area contributed by atoms with Gasteiger partial charge in [0, 0.05) is 18.1 Å². The molecular weight excluding hydrogens is 326 g/mol. The summed E-state index contributed by atoms with van der Waals surface area (Å²) in [5, 5.41) is 13.1. The van der Waals surface area contributed by atoms with Crippen LogP contribution in [0.2, 0.25) is 0 Å². The highest BCUT2D eigenvalue weighted by Gasteiger charge is 2.15. The van der Waals surface area contributed by atoms with E-state index in [4.69, 9.17) is 0 Å². The Hall–Kier alpha value is -2.92. The monoisotopic (exact) mass is 349 g/mol. The molecule has 0 spiro atoms. The molecule has 1 aromatic heterocycles. The normalized spacial score (nSPS) is 13.2. The van der Waals surface area contributed by atoms with Gasteiger partial charge in [0.25, 0.3) is 0 Å². The number of hydrogen-bond donors (Lipinski definition) is 2. The van der Waals surface area contributed by atoms with Gasteiger partial charge in [-0.15, -0.1) is 0 Å². The fraction of sp³-hybridized carbons (Fsp3) is 0.238. The van der Waals surface area contributed by atoms with Gasteiger partial charge in [0.15, 0.2) is 0 Å². The smallest absolute Gasteiger partial charge is 0.223 e. The summed E-state index contributed by atoms with van der Waals surface area (Å²) in [7, 11) is 0. The van der Waals surface area contributed by atoms with Crippen LogP contribution in [-0.4, -0.2) is 20.6 Å². The van der Waals surface area contributed by atoms with Crippen molar-refractivity contribution >= 4 is 5.91 Å². The van der Waals surface area contributed by atoms with Crippen LogP contribution in [0.3, 0.4) is 0 Å². The molecule has 2 atom stereocenters. The Morgan fingerprint density at radius 3 is 2.42 bits per heavy atom. The number of carbonyl (C=O) groups is 1. The fourth-order valence-corrected chi connectivity index (χ4v) is 2.93. The van der Waals surface area contributed by atoms with Gasteiger partial charge in [-0.05, 0) is 37.1 Å². The maximum Gasteiger partial charge on any atom is 0.223 e. The van der Waals surface area contributed by atoms with Crippen molar-refractivity contribution in [2.24, 2.45) is 0 Å². The lowest BCUT2D eigenvalue weighted by Gasteiger charge is -2.17. The van der Waals surface area contributed by atoms with E-state index in [2.05, 4.69) is 10.3 Å². The molecule has 1 heterocycles. The molecule has 26 heavy (non-hydrogen) atoms. The van der Waals surface area contributed by atoms with Crippen molar-refractivity contribution in [3.8, 4) is 5.69 Å². The van der Waals surface area contributed by atoms with Crippen LogP contribution in [-0.2, 0) is 4.79 Å². The quantitative estimate of drug-likeness (QED) is 0.716. The van der Waals surface area contributed by atoms with E-state index in [0.29, 0.717) is 0 Å². The first kappa shape index (κ1) is 17.9. The minimum Gasteiger partial charge on any atom is -0.388 e. The van der Waals surface area contributed by atoms with Crippen molar-refractivity contribution in [2.75, 3.05) is 0 Å². The van der Waals surface area contributed by atoms with E-state index >= 15 is 0 Å². The molecule has 0 aliphatic carbocycles. The van der Waals surface area contributed by atoms with E-state index < -0.39 is 6.10 Å². The van der Waals surface area contributed by atoms with Crippen molar-refractivity contribution in [3.63, 3.8) is 0 Å². The van der Waals surface area contributed by atoms with Crippen LogP contribution in [0.15, 0.2) is 67.0 Å².